The molecule has 0 radical (unpaired) electrons. The zero-order valence-corrected chi connectivity index (χ0v) is 16.4. The van der Waals surface area contributed by atoms with Crippen LogP contribution in [0.3, 0.4) is 0 Å². The molecule has 1 amide bonds. The number of carbonyl (C=O) groups is 2. The molecule has 27 heavy (non-hydrogen) atoms. The molecule has 1 atom stereocenters. The zero-order valence-electron chi connectivity index (χ0n) is 15.6. The monoisotopic (exact) mass is 396 g/mol. The van der Waals surface area contributed by atoms with Crippen molar-refractivity contribution in [1.82, 2.24) is 10.0 Å². The van der Waals surface area contributed by atoms with Crippen LogP contribution in [-0.4, -0.2) is 38.5 Å². The van der Waals surface area contributed by atoms with Crippen molar-refractivity contribution in [3.8, 4) is 0 Å². The fourth-order valence-corrected chi connectivity index (χ4v) is 4.27. The quantitative estimate of drug-likeness (QED) is 0.594. The molecule has 0 bridgehead atoms. The lowest BCUT2D eigenvalue weighted by Crippen LogP contribution is -2.37. The van der Waals surface area contributed by atoms with Crippen LogP contribution in [0.4, 0.5) is 0 Å². The van der Waals surface area contributed by atoms with Gasteiger partial charge in [0.1, 0.15) is 0 Å². The summed E-state index contributed by atoms with van der Waals surface area (Å²) in [6.07, 6.45) is 7.04. The Labute approximate surface area is 160 Å². The molecule has 1 aliphatic rings. The first-order chi connectivity index (χ1) is 12.8. The lowest BCUT2D eigenvalue weighted by atomic mass is 9.84. The lowest BCUT2D eigenvalue weighted by molar-refractivity contribution is -0.137. The van der Waals surface area contributed by atoms with Gasteiger partial charge >= 0.3 is 5.97 Å². The number of sulfonamides is 1. The van der Waals surface area contributed by atoms with Gasteiger partial charge in [0.15, 0.2) is 0 Å². The molecule has 0 heterocycles. The Balaban J connectivity index is 2.03. The highest BCUT2D eigenvalue weighted by atomic mass is 32.2. The lowest BCUT2D eigenvalue weighted by Gasteiger charge is -2.27. The molecule has 2 rings (SSSR count). The molecule has 0 saturated heterocycles. The number of hydrogen-bond donors (Lipinski definition) is 3. The molecule has 1 aromatic carbocycles. The molecule has 8 heteroatoms. The highest BCUT2D eigenvalue weighted by molar-refractivity contribution is 7.89. The van der Waals surface area contributed by atoms with E-state index in [0.717, 1.165) is 19.3 Å². The first-order valence-electron chi connectivity index (χ1n) is 9.38. The SMILES string of the molecule is CNS(=O)(=O)c1ccc(C(=O)NC(CCC(=O)O)CC2CCCCC2)cc1. The van der Waals surface area contributed by atoms with Gasteiger partial charge in [0.2, 0.25) is 10.0 Å². The van der Waals surface area contributed by atoms with E-state index in [-0.39, 0.29) is 23.3 Å². The van der Waals surface area contributed by atoms with Gasteiger partial charge in [-0.3, -0.25) is 9.59 Å². The van der Waals surface area contributed by atoms with E-state index < -0.39 is 16.0 Å². The van der Waals surface area contributed by atoms with Crippen LogP contribution in [0.5, 0.6) is 0 Å². The van der Waals surface area contributed by atoms with Crippen LogP contribution in [0.25, 0.3) is 0 Å². The zero-order chi connectivity index (χ0) is 19.9. The third kappa shape index (κ3) is 6.62. The molecular weight excluding hydrogens is 368 g/mol. The van der Waals surface area contributed by atoms with Crippen molar-refractivity contribution >= 4 is 21.9 Å². The van der Waals surface area contributed by atoms with Gasteiger partial charge in [-0.1, -0.05) is 32.1 Å². The van der Waals surface area contributed by atoms with Gasteiger partial charge in [-0.05, 0) is 50.1 Å². The fraction of sp³-hybridized carbons (Fsp3) is 0.579. The summed E-state index contributed by atoms with van der Waals surface area (Å²) in [4.78, 5) is 23.6. The summed E-state index contributed by atoms with van der Waals surface area (Å²) in [7, 11) is -2.22. The number of carboxylic acids is 1. The predicted octanol–water partition coefficient (Wildman–Crippen LogP) is 2.53. The van der Waals surface area contributed by atoms with E-state index in [9.17, 15) is 18.0 Å². The normalized spacial score (nSPS) is 16.6. The van der Waals surface area contributed by atoms with Crippen LogP contribution < -0.4 is 10.0 Å². The topological polar surface area (TPSA) is 113 Å². The van der Waals surface area contributed by atoms with Crippen molar-refractivity contribution in [2.45, 2.75) is 62.3 Å². The highest BCUT2D eigenvalue weighted by Gasteiger charge is 2.22. The van der Waals surface area contributed by atoms with E-state index in [1.807, 2.05) is 0 Å². The Kier molecular flexibility index (Phi) is 7.79. The Morgan fingerprint density at radius 1 is 1.15 bits per heavy atom. The first-order valence-corrected chi connectivity index (χ1v) is 10.9. The summed E-state index contributed by atoms with van der Waals surface area (Å²) >= 11 is 0. The molecule has 1 unspecified atom stereocenters. The average molecular weight is 397 g/mol. The molecule has 3 N–H and O–H groups in total. The van der Waals surface area contributed by atoms with Gasteiger partial charge in [-0.25, -0.2) is 13.1 Å². The molecule has 1 aromatic rings. The van der Waals surface area contributed by atoms with E-state index in [0.29, 0.717) is 17.9 Å². The Morgan fingerprint density at radius 2 is 1.78 bits per heavy atom. The first kappa shape index (κ1) is 21.4. The summed E-state index contributed by atoms with van der Waals surface area (Å²) in [6, 6.07) is 5.50. The van der Waals surface area contributed by atoms with E-state index in [4.69, 9.17) is 5.11 Å². The number of hydrogen-bond acceptors (Lipinski definition) is 4. The van der Waals surface area contributed by atoms with E-state index in [2.05, 4.69) is 10.0 Å². The Bertz CT molecular complexity index is 740. The Morgan fingerprint density at radius 3 is 2.33 bits per heavy atom. The van der Waals surface area contributed by atoms with Gasteiger partial charge in [0, 0.05) is 18.0 Å². The number of amides is 1. The van der Waals surface area contributed by atoms with Gasteiger partial charge in [0.25, 0.3) is 5.91 Å². The van der Waals surface area contributed by atoms with E-state index in [1.165, 1.54) is 50.6 Å². The van der Waals surface area contributed by atoms with Crippen molar-refractivity contribution in [3.63, 3.8) is 0 Å². The third-order valence-electron chi connectivity index (χ3n) is 5.08. The molecule has 150 valence electrons. The van der Waals surface area contributed by atoms with Crippen LogP contribution >= 0.6 is 0 Å². The maximum Gasteiger partial charge on any atom is 0.303 e. The molecule has 1 saturated carbocycles. The van der Waals surface area contributed by atoms with Crippen molar-refractivity contribution in [3.05, 3.63) is 29.8 Å². The van der Waals surface area contributed by atoms with Gasteiger partial charge in [-0.15, -0.1) is 0 Å². The van der Waals surface area contributed by atoms with Crippen molar-refractivity contribution in [2.75, 3.05) is 7.05 Å². The van der Waals surface area contributed by atoms with E-state index >= 15 is 0 Å². The van der Waals surface area contributed by atoms with Gasteiger partial charge in [0.05, 0.1) is 4.90 Å². The smallest absolute Gasteiger partial charge is 0.303 e. The van der Waals surface area contributed by atoms with Crippen LogP contribution in [0.2, 0.25) is 0 Å². The largest absolute Gasteiger partial charge is 0.481 e. The summed E-state index contributed by atoms with van der Waals surface area (Å²) in [5, 5.41) is 11.9. The van der Waals surface area contributed by atoms with Crippen LogP contribution in [0.15, 0.2) is 29.2 Å². The number of benzene rings is 1. The van der Waals surface area contributed by atoms with Crippen LogP contribution in [0.1, 0.15) is 61.7 Å². The van der Waals surface area contributed by atoms with Crippen molar-refractivity contribution < 1.29 is 23.1 Å². The van der Waals surface area contributed by atoms with E-state index in [1.54, 1.807) is 0 Å². The predicted molar refractivity (Wildman–Crippen MR) is 102 cm³/mol. The van der Waals surface area contributed by atoms with Crippen LogP contribution in [0, 0.1) is 5.92 Å². The summed E-state index contributed by atoms with van der Waals surface area (Å²) in [5.74, 6) is -0.671. The maximum absolute atomic E-state index is 12.5. The van der Waals surface area contributed by atoms with Crippen molar-refractivity contribution in [1.29, 1.82) is 0 Å². The fourth-order valence-electron chi connectivity index (χ4n) is 3.54. The van der Waals surface area contributed by atoms with Crippen molar-refractivity contribution in [2.24, 2.45) is 5.92 Å². The second-order valence-corrected chi connectivity index (χ2v) is 8.96. The molecule has 0 aromatic heterocycles. The summed E-state index contributed by atoms with van der Waals surface area (Å²) < 4.78 is 25.8. The number of rotatable bonds is 9. The number of carboxylic acid groups (broad SMARTS) is 1. The molecule has 0 aliphatic heterocycles. The minimum Gasteiger partial charge on any atom is -0.481 e. The Hall–Kier alpha value is -1.93. The molecule has 0 spiro atoms. The second kappa shape index (κ2) is 9.85. The number of aliphatic carboxylic acids is 1. The van der Waals surface area contributed by atoms with Gasteiger partial charge < -0.3 is 10.4 Å². The number of carbonyl (C=O) groups excluding carboxylic acids is 1. The summed E-state index contributed by atoms with van der Waals surface area (Å²) in [5.41, 5.74) is 0.356. The molecule has 7 nitrogen and oxygen atoms in total. The average Bonchev–Trinajstić information content (AvgIpc) is 2.67. The maximum atomic E-state index is 12.5. The summed E-state index contributed by atoms with van der Waals surface area (Å²) in [6.45, 7) is 0. The number of nitrogens with one attached hydrogen (secondary N) is 2. The molecule has 1 aliphatic carbocycles. The van der Waals surface area contributed by atoms with Gasteiger partial charge in [-0.2, -0.15) is 0 Å². The minimum absolute atomic E-state index is 0.0109. The standard InChI is InChI=1S/C19H28N2O5S/c1-20-27(25,26)17-10-7-15(8-11-17)19(24)21-16(9-12-18(22)23)13-14-5-3-2-4-6-14/h7-8,10-11,14,16,20H,2-6,9,12-13H2,1H3,(H,21,24)(H,22,23). The molecule has 1 fully saturated rings. The minimum atomic E-state index is -3.55. The highest BCUT2D eigenvalue weighted by Crippen LogP contribution is 2.28. The molecular formula is C19H28N2O5S. The second-order valence-electron chi connectivity index (χ2n) is 7.07. The third-order valence-corrected chi connectivity index (χ3v) is 6.51. The van der Waals surface area contributed by atoms with Crippen LogP contribution in [-0.2, 0) is 14.8 Å².